The first-order valence-electron chi connectivity index (χ1n) is 9.40. The first kappa shape index (κ1) is 15.9. The van der Waals surface area contributed by atoms with E-state index in [1.807, 2.05) is 0 Å². The minimum Gasteiger partial charge on any atom is -0.344 e. The fourth-order valence-corrected chi connectivity index (χ4v) is 3.99. The lowest BCUT2D eigenvalue weighted by Gasteiger charge is -2.06. The monoisotopic (exact) mass is 347 g/mol. The fourth-order valence-electron chi connectivity index (χ4n) is 3.99. The molecule has 0 saturated heterocycles. The Morgan fingerprint density at radius 3 is 2.00 bits per heavy atom. The minimum atomic E-state index is 0.976. The average Bonchev–Trinajstić information content (AvgIpc) is 3.02. The molecule has 0 atom stereocenters. The molecule has 0 N–H and O–H groups in total. The number of hydrogen-bond donors (Lipinski definition) is 0. The Hall–Kier alpha value is -3.32. The molecule has 1 heteroatoms. The summed E-state index contributed by atoms with van der Waals surface area (Å²) in [5.74, 6) is 0. The van der Waals surface area contributed by atoms with E-state index in [2.05, 4.69) is 109 Å². The van der Waals surface area contributed by atoms with E-state index in [0.29, 0.717) is 0 Å². The molecular weight excluding hydrogens is 326 g/mol. The highest BCUT2D eigenvalue weighted by Gasteiger charge is 2.09. The van der Waals surface area contributed by atoms with Gasteiger partial charge in [0.2, 0.25) is 0 Å². The van der Waals surface area contributed by atoms with Gasteiger partial charge in [-0.3, -0.25) is 0 Å². The molecule has 5 rings (SSSR count). The van der Waals surface area contributed by atoms with Crippen LogP contribution in [0.1, 0.15) is 11.1 Å². The Bertz CT molecular complexity index is 1230. The SMILES string of the molecule is Cn1c2ccccc2c2cc(-c3ccc(Cc4ccccc4)cc3)ccc21. The van der Waals surface area contributed by atoms with Crippen LogP contribution < -0.4 is 0 Å². The van der Waals surface area contributed by atoms with Gasteiger partial charge in [-0.25, -0.2) is 0 Å². The molecule has 0 saturated carbocycles. The van der Waals surface area contributed by atoms with E-state index in [0.717, 1.165) is 6.42 Å². The number of rotatable bonds is 3. The largest absolute Gasteiger partial charge is 0.344 e. The lowest BCUT2D eigenvalue weighted by molar-refractivity contribution is 1.01. The molecule has 1 aromatic heterocycles. The molecule has 1 nitrogen and oxygen atoms in total. The van der Waals surface area contributed by atoms with Gasteiger partial charge in [0.15, 0.2) is 0 Å². The van der Waals surface area contributed by atoms with Crippen molar-refractivity contribution in [1.29, 1.82) is 0 Å². The molecule has 1 heterocycles. The van der Waals surface area contributed by atoms with Crippen LogP contribution in [-0.4, -0.2) is 4.57 Å². The van der Waals surface area contributed by atoms with Crippen molar-refractivity contribution in [2.24, 2.45) is 7.05 Å². The summed E-state index contributed by atoms with van der Waals surface area (Å²) in [7, 11) is 2.14. The van der Waals surface area contributed by atoms with Crippen LogP contribution in [0.3, 0.4) is 0 Å². The average molecular weight is 347 g/mol. The Morgan fingerprint density at radius 2 is 1.19 bits per heavy atom. The van der Waals surface area contributed by atoms with Gasteiger partial charge >= 0.3 is 0 Å². The van der Waals surface area contributed by atoms with Crippen LogP contribution >= 0.6 is 0 Å². The number of fused-ring (bicyclic) bond motifs is 3. The summed E-state index contributed by atoms with van der Waals surface area (Å²) in [4.78, 5) is 0. The van der Waals surface area contributed by atoms with Gasteiger partial charge in [0, 0.05) is 28.9 Å². The lowest BCUT2D eigenvalue weighted by Crippen LogP contribution is -1.88. The van der Waals surface area contributed by atoms with Crippen molar-refractivity contribution in [3.8, 4) is 11.1 Å². The van der Waals surface area contributed by atoms with Crippen molar-refractivity contribution >= 4 is 21.8 Å². The van der Waals surface area contributed by atoms with E-state index >= 15 is 0 Å². The summed E-state index contributed by atoms with van der Waals surface area (Å²) >= 11 is 0. The summed E-state index contributed by atoms with van der Waals surface area (Å²) in [6.07, 6.45) is 0.976. The number of aryl methyl sites for hydroxylation is 1. The summed E-state index contributed by atoms with van der Waals surface area (Å²) in [6.45, 7) is 0. The molecule has 0 aliphatic heterocycles. The van der Waals surface area contributed by atoms with Crippen LogP contribution in [0, 0.1) is 0 Å². The molecule has 0 aliphatic carbocycles. The van der Waals surface area contributed by atoms with Crippen molar-refractivity contribution in [3.05, 3.63) is 108 Å². The quantitative estimate of drug-likeness (QED) is 0.347. The third-order valence-electron chi connectivity index (χ3n) is 5.45. The smallest absolute Gasteiger partial charge is 0.0489 e. The highest BCUT2D eigenvalue weighted by atomic mass is 14.9. The highest BCUT2D eigenvalue weighted by molar-refractivity contribution is 6.09. The summed E-state index contributed by atoms with van der Waals surface area (Å²) in [6, 6.07) is 35.0. The maximum absolute atomic E-state index is 2.32. The zero-order valence-electron chi connectivity index (χ0n) is 15.4. The maximum atomic E-state index is 2.32. The van der Waals surface area contributed by atoms with E-state index in [1.165, 1.54) is 44.1 Å². The van der Waals surface area contributed by atoms with E-state index in [1.54, 1.807) is 0 Å². The zero-order valence-corrected chi connectivity index (χ0v) is 15.4. The van der Waals surface area contributed by atoms with Gasteiger partial charge < -0.3 is 4.57 Å². The maximum Gasteiger partial charge on any atom is 0.0489 e. The topological polar surface area (TPSA) is 4.93 Å². The number of benzene rings is 4. The highest BCUT2D eigenvalue weighted by Crippen LogP contribution is 2.32. The van der Waals surface area contributed by atoms with Gasteiger partial charge in [0.25, 0.3) is 0 Å². The van der Waals surface area contributed by atoms with Gasteiger partial charge in [0.1, 0.15) is 0 Å². The standard InChI is InChI=1S/C26H21N/c1-27-25-10-6-5-9-23(25)24-18-22(15-16-26(24)27)21-13-11-20(12-14-21)17-19-7-3-2-4-8-19/h2-16,18H,17H2,1H3. The van der Waals surface area contributed by atoms with E-state index in [9.17, 15) is 0 Å². The predicted molar refractivity (Wildman–Crippen MR) is 115 cm³/mol. The van der Waals surface area contributed by atoms with Crippen LogP contribution in [0.5, 0.6) is 0 Å². The predicted octanol–water partition coefficient (Wildman–Crippen LogP) is 6.59. The Labute approximate surface area is 159 Å². The van der Waals surface area contributed by atoms with Crippen LogP contribution in [-0.2, 0) is 13.5 Å². The van der Waals surface area contributed by atoms with Gasteiger partial charge in [0.05, 0.1) is 0 Å². The fraction of sp³-hybridized carbons (Fsp3) is 0.0769. The van der Waals surface area contributed by atoms with Crippen molar-refractivity contribution in [3.63, 3.8) is 0 Å². The Morgan fingerprint density at radius 1 is 0.556 bits per heavy atom. The number of nitrogens with zero attached hydrogens (tertiary/aromatic N) is 1. The third kappa shape index (κ3) is 2.82. The zero-order chi connectivity index (χ0) is 18.2. The normalized spacial score (nSPS) is 11.3. The van der Waals surface area contributed by atoms with Crippen molar-refractivity contribution in [2.45, 2.75) is 6.42 Å². The molecule has 0 spiro atoms. The van der Waals surface area contributed by atoms with Crippen LogP contribution in [0.15, 0.2) is 97.1 Å². The molecule has 4 aromatic carbocycles. The van der Waals surface area contributed by atoms with Crippen LogP contribution in [0.25, 0.3) is 32.9 Å². The summed E-state index contributed by atoms with van der Waals surface area (Å²) in [5.41, 5.74) is 7.79. The number of para-hydroxylation sites is 1. The first-order valence-corrected chi connectivity index (χ1v) is 9.40. The van der Waals surface area contributed by atoms with E-state index in [-0.39, 0.29) is 0 Å². The molecule has 5 aromatic rings. The molecule has 0 amide bonds. The van der Waals surface area contributed by atoms with Crippen LogP contribution in [0.2, 0.25) is 0 Å². The van der Waals surface area contributed by atoms with Crippen LogP contribution in [0.4, 0.5) is 0 Å². The van der Waals surface area contributed by atoms with E-state index in [4.69, 9.17) is 0 Å². The Balaban J connectivity index is 1.52. The molecule has 27 heavy (non-hydrogen) atoms. The summed E-state index contributed by atoms with van der Waals surface area (Å²) in [5, 5.41) is 2.64. The van der Waals surface area contributed by atoms with Crippen molar-refractivity contribution < 1.29 is 0 Å². The summed E-state index contributed by atoms with van der Waals surface area (Å²) < 4.78 is 2.28. The first-order chi connectivity index (χ1) is 13.3. The molecule has 130 valence electrons. The molecule has 0 bridgehead atoms. The van der Waals surface area contributed by atoms with Gasteiger partial charge in [-0.1, -0.05) is 78.9 Å². The molecule has 0 unspecified atom stereocenters. The van der Waals surface area contributed by atoms with Gasteiger partial charge in [-0.15, -0.1) is 0 Å². The van der Waals surface area contributed by atoms with E-state index < -0.39 is 0 Å². The number of hydrogen-bond acceptors (Lipinski definition) is 0. The molecule has 0 radical (unpaired) electrons. The molecule has 0 fully saturated rings. The molecule has 0 aliphatic rings. The number of aromatic nitrogens is 1. The van der Waals surface area contributed by atoms with Crippen molar-refractivity contribution in [2.75, 3.05) is 0 Å². The minimum absolute atomic E-state index is 0.976. The lowest BCUT2D eigenvalue weighted by atomic mass is 9.99. The second-order valence-corrected chi connectivity index (χ2v) is 7.17. The van der Waals surface area contributed by atoms with Crippen molar-refractivity contribution in [1.82, 2.24) is 4.57 Å². The Kier molecular flexibility index (Phi) is 3.79. The molecular formula is C26H21N. The third-order valence-corrected chi connectivity index (χ3v) is 5.45. The van der Waals surface area contributed by atoms with Gasteiger partial charge in [-0.2, -0.15) is 0 Å². The van der Waals surface area contributed by atoms with Gasteiger partial charge in [-0.05, 0) is 46.9 Å². The second-order valence-electron chi connectivity index (χ2n) is 7.17. The second kappa shape index (κ2) is 6.44.